The molecule has 1 aromatic heterocycles. The van der Waals surface area contributed by atoms with Crippen LogP contribution in [0.3, 0.4) is 0 Å². The number of aryl methyl sites for hydroxylation is 1. The lowest BCUT2D eigenvalue weighted by Gasteiger charge is -2.16. The molecule has 0 radical (unpaired) electrons. The lowest BCUT2D eigenvalue weighted by atomic mass is 10.1. The number of carbonyl (C=O) groups excluding carboxylic acids is 1. The monoisotopic (exact) mass is 248 g/mol. The summed E-state index contributed by atoms with van der Waals surface area (Å²) in [6.07, 6.45) is 1.92. The van der Waals surface area contributed by atoms with Crippen LogP contribution in [-0.4, -0.2) is 35.8 Å². The molecule has 2 saturated heterocycles. The molecule has 6 nitrogen and oxygen atoms in total. The van der Waals surface area contributed by atoms with Crippen molar-refractivity contribution in [1.82, 2.24) is 15.3 Å². The van der Waals surface area contributed by atoms with Crippen LogP contribution < -0.4 is 10.2 Å². The van der Waals surface area contributed by atoms with Crippen LogP contribution in [0.5, 0.6) is 0 Å². The number of amides is 1. The van der Waals surface area contributed by atoms with Crippen molar-refractivity contribution in [2.45, 2.75) is 25.8 Å². The number of hydrogen-bond acceptors (Lipinski definition) is 5. The van der Waals surface area contributed by atoms with Crippen LogP contribution in [0.15, 0.2) is 6.07 Å². The third-order valence-corrected chi connectivity index (χ3v) is 3.30. The molecule has 3 heterocycles. The maximum Gasteiger partial charge on any atom is 0.415 e. The molecular weight excluding hydrogens is 232 g/mol. The molecule has 1 atom stereocenters. The van der Waals surface area contributed by atoms with Gasteiger partial charge < -0.3 is 10.1 Å². The fourth-order valence-corrected chi connectivity index (χ4v) is 2.43. The summed E-state index contributed by atoms with van der Waals surface area (Å²) in [4.78, 5) is 21.9. The van der Waals surface area contributed by atoms with E-state index in [0.29, 0.717) is 24.8 Å². The van der Waals surface area contributed by atoms with Crippen molar-refractivity contribution >= 4 is 11.9 Å². The minimum absolute atomic E-state index is 0.282. The highest BCUT2D eigenvalue weighted by atomic mass is 16.6. The highest BCUT2D eigenvalue weighted by molar-refractivity contribution is 5.88. The van der Waals surface area contributed by atoms with Crippen LogP contribution in [0.2, 0.25) is 0 Å². The molecule has 0 unspecified atom stereocenters. The van der Waals surface area contributed by atoms with Crippen molar-refractivity contribution in [2.75, 3.05) is 24.6 Å². The number of nitrogens with one attached hydrogen (secondary N) is 1. The summed E-state index contributed by atoms with van der Waals surface area (Å²) in [7, 11) is 0. The van der Waals surface area contributed by atoms with Crippen molar-refractivity contribution < 1.29 is 9.53 Å². The van der Waals surface area contributed by atoms with Crippen molar-refractivity contribution in [2.24, 2.45) is 0 Å². The van der Waals surface area contributed by atoms with Crippen LogP contribution in [0.4, 0.5) is 10.6 Å². The molecule has 0 aromatic carbocycles. The van der Waals surface area contributed by atoms with E-state index >= 15 is 0 Å². The second kappa shape index (κ2) is 4.53. The van der Waals surface area contributed by atoms with Crippen LogP contribution >= 0.6 is 0 Å². The minimum Gasteiger partial charge on any atom is -0.447 e. The molecule has 6 heteroatoms. The van der Waals surface area contributed by atoms with Gasteiger partial charge in [-0.05, 0) is 26.3 Å². The van der Waals surface area contributed by atoms with E-state index < -0.39 is 0 Å². The molecule has 18 heavy (non-hydrogen) atoms. The average Bonchev–Trinajstić information content (AvgIpc) is 2.98. The van der Waals surface area contributed by atoms with E-state index in [2.05, 4.69) is 15.3 Å². The smallest absolute Gasteiger partial charge is 0.415 e. The van der Waals surface area contributed by atoms with Gasteiger partial charge in [0.15, 0.2) is 0 Å². The Bertz CT molecular complexity index is 471. The highest BCUT2D eigenvalue weighted by Gasteiger charge is 2.27. The van der Waals surface area contributed by atoms with Gasteiger partial charge in [-0.25, -0.2) is 14.8 Å². The van der Waals surface area contributed by atoms with Gasteiger partial charge in [0.1, 0.15) is 18.2 Å². The standard InChI is InChI=1S/C12H16N4O2/c1-8-14-10(9-3-2-4-13-9)7-11(15-8)16-5-6-18-12(16)17/h7,9,13H,2-6H2,1H3/t9-/m0/s1. The molecule has 1 N–H and O–H groups in total. The molecule has 3 rings (SSSR count). The predicted octanol–water partition coefficient (Wildman–Crippen LogP) is 1.17. The van der Waals surface area contributed by atoms with E-state index in [0.717, 1.165) is 25.1 Å². The second-order valence-corrected chi connectivity index (χ2v) is 4.61. The largest absolute Gasteiger partial charge is 0.447 e. The molecule has 2 aliphatic rings. The zero-order valence-corrected chi connectivity index (χ0v) is 10.3. The van der Waals surface area contributed by atoms with Gasteiger partial charge in [-0.2, -0.15) is 0 Å². The fraction of sp³-hybridized carbons (Fsp3) is 0.583. The SMILES string of the molecule is Cc1nc([C@@H]2CCCN2)cc(N2CCOC2=O)n1. The third-order valence-electron chi connectivity index (χ3n) is 3.30. The van der Waals surface area contributed by atoms with E-state index in [1.54, 1.807) is 4.90 Å². The van der Waals surface area contributed by atoms with E-state index in [4.69, 9.17) is 4.74 Å². The number of nitrogens with zero attached hydrogens (tertiary/aromatic N) is 3. The summed E-state index contributed by atoms with van der Waals surface area (Å²) in [5.41, 5.74) is 0.967. The Kier molecular flexibility index (Phi) is 2.87. The summed E-state index contributed by atoms with van der Waals surface area (Å²) in [6, 6.07) is 2.17. The van der Waals surface area contributed by atoms with Crippen LogP contribution in [0.25, 0.3) is 0 Å². The highest BCUT2D eigenvalue weighted by Crippen LogP contribution is 2.25. The summed E-state index contributed by atoms with van der Waals surface area (Å²) in [5.74, 6) is 1.34. The predicted molar refractivity (Wildman–Crippen MR) is 65.4 cm³/mol. The van der Waals surface area contributed by atoms with Crippen LogP contribution in [-0.2, 0) is 4.74 Å². The summed E-state index contributed by atoms with van der Waals surface area (Å²) < 4.78 is 4.94. The summed E-state index contributed by atoms with van der Waals surface area (Å²) in [6.45, 7) is 3.86. The first kappa shape index (κ1) is 11.4. The number of cyclic esters (lactones) is 1. The number of rotatable bonds is 2. The van der Waals surface area contributed by atoms with Gasteiger partial charge in [0.05, 0.1) is 12.2 Å². The molecule has 0 saturated carbocycles. The Balaban J connectivity index is 1.92. The molecule has 1 amide bonds. The van der Waals surface area contributed by atoms with Gasteiger partial charge in [-0.1, -0.05) is 0 Å². The molecule has 0 aliphatic carbocycles. The van der Waals surface area contributed by atoms with Crippen molar-refractivity contribution in [1.29, 1.82) is 0 Å². The molecule has 96 valence electrons. The van der Waals surface area contributed by atoms with Gasteiger partial charge >= 0.3 is 6.09 Å². The summed E-state index contributed by atoms with van der Waals surface area (Å²) >= 11 is 0. The minimum atomic E-state index is -0.321. The van der Waals surface area contributed by atoms with Crippen LogP contribution in [0, 0.1) is 6.92 Å². The lowest BCUT2D eigenvalue weighted by Crippen LogP contribution is -2.26. The quantitative estimate of drug-likeness (QED) is 0.850. The van der Waals surface area contributed by atoms with Gasteiger partial charge in [0, 0.05) is 12.1 Å². The fourth-order valence-electron chi connectivity index (χ4n) is 2.43. The number of ether oxygens (including phenoxy) is 1. The number of hydrogen-bond donors (Lipinski definition) is 1. The Labute approximate surface area is 105 Å². The Morgan fingerprint density at radius 1 is 1.50 bits per heavy atom. The first-order valence-corrected chi connectivity index (χ1v) is 6.27. The van der Waals surface area contributed by atoms with E-state index in [-0.39, 0.29) is 12.1 Å². The Morgan fingerprint density at radius 2 is 2.39 bits per heavy atom. The molecule has 1 aromatic rings. The first-order valence-electron chi connectivity index (χ1n) is 6.27. The number of carbonyl (C=O) groups is 1. The second-order valence-electron chi connectivity index (χ2n) is 4.61. The lowest BCUT2D eigenvalue weighted by molar-refractivity contribution is 0.181. The Morgan fingerprint density at radius 3 is 3.06 bits per heavy atom. The van der Waals surface area contributed by atoms with Crippen molar-refractivity contribution in [3.8, 4) is 0 Å². The van der Waals surface area contributed by atoms with Gasteiger partial charge in [-0.3, -0.25) is 4.90 Å². The molecule has 0 bridgehead atoms. The average molecular weight is 248 g/mol. The molecule has 0 spiro atoms. The maximum absolute atomic E-state index is 11.5. The normalized spacial score (nSPS) is 23.5. The topological polar surface area (TPSA) is 67.3 Å². The van der Waals surface area contributed by atoms with E-state index in [9.17, 15) is 4.79 Å². The summed E-state index contributed by atoms with van der Waals surface area (Å²) in [5, 5.41) is 3.40. The molecule has 2 aliphatic heterocycles. The third kappa shape index (κ3) is 2.03. The van der Waals surface area contributed by atoms with Gasteiger partial charge in [0.25, 0.3) is 0 Å². The van der Waals surface area contributed by atoms with Crippen LogP contribution in [0.1, 0.15) is 30.4 Å². The number of anilines is 1. The van der Waals surface area contributed by atoms with Crippen molar-refractivity contribution in [3.63, 3.8) is 0 Å². The van der Waals surface area contributed by atoms with E-state index in [1.165, 1.54) is 0 Å². The molecular formula is C12H16N4O2. The van der Waals surface area contributed by atoms with Crippen molar-refractivity contribution in [3.05, 3.63) is 17.6 Å². The van der Waals surface area contributed by atoms with Gasteiger partial charge in [-0.15, -0.1) is 0 Å². The van der Waals surface area contributed by atoms with E-state index in [1.807, 2.05) is 13.0 Å². The zero-order chi connectivity index (χ0) is 12.5. The number of aromatic nitrogens is 2. The maximum atomic E-state index is 11.5. The zero-order valence-electron chi connectivity index (χ0n) is 10.3. The van der Waals surface area contributed by atoms with Gasteiger partial charge in [0.2, 0.25) is 0 Å². The molecule has 2 fully saturated rings. The first-order chi connectivity index (χ1) is 8.74. The Hall–Kier alpha value is -1.69.